The van der Waals surface area contributed by atoms with Crippen LogP contribution in [-0.4, -0.2) is 15.7 Å². The fourth-order valence-electron chi connectivity index (χ4n) is 3.52. The first-order chi connectivity index (χ1) is 17.9. The van der Waals surface area contributed by atoms with Crippen LogP contribution < -0.4 is 10.1 Å². The quantitative estimate of drug-likeness (QED) is 0.212. The minimum absolute atomic E-state index is 0.0523. The number of ether oxygens (including phenoxy) is 1. The second kappa shape index (κ2) is 10.6. The van der Waals surface area contributed by atoms with Crippen LogP contribution in [0.25, 0.3) is 0 Å². The van der Waals surface area contributed by atoms with Crippen LogP contribution in [0.5, 0.6) is 5.75 Å². The van der Waals surface area contributed by atoms with Gasteiger partial charge in [-0.15, -0.1) is 0 Å². The molecule has 0 saturated heterocycles. The third kappa shape index (κ3) is 5.96. The van der Waals surface area contributed by atoms with Crippen molar-refractivity contribution in [3.8, 4) is 5.75 Å². The molecule has 0 bridgehead atoms. The molecule has 1 amide bonds. The van der Waals surface area contributed by atoms with Gasteiger partial charge in [-0.05, 0) is 42.3 Å². The second-order valence-electron chi connectivity index (χ2n) is 8.26. The van der Waals surface area contributed by atoms with Gasteiger partial charge in [-0.3, -0.25) is 9.48 Å². The maximum absolute atomic E-state index is 13.7. The molecular formula is C26H18F7N3O2. The van der Waals surface area contributed by atoms with Crippen LogP contribution in [0.15, 0.2) is 60.7 Å². The van der Waals surface area contributed by atoms with E-state index < -0.39 is 53.3 Å². The molecule has 0 atom stereocenters. The maximum Gasteiger partial charge on any atom is 0.416 e. The molecule has 38 heavy (non-hydrogen) atoms. The molecule has 4 rings (SSSR count). The average Bonchev–Trinajstić information content (AvgIpc) is 3.20. The van der Waals surface area contributed by atoms with Gasteiger partial charge < -0.3 is 10.1 Å². The molecule has 0 aliphatic heterocycles. The van der Waals surface area contributed by atoms with Crippen LogP contribution in [0.2, 0.25) is 0 Å². The van der Waals surface area contributed by atoms with Gasteiger partial charge in [0.05, 0.1) is 12.1 Å². The van der Waals surface area contributed by atoms with Crippen LogP contribution in [0.3, 0.4) is 0 Å². The normalized spacial score (nSPS) is 11.5. The van der Waals surface area contributed by atoms with Crippen molar-refractivity contribution < 1.29 is 40.3 Å². The topological polar surface area (TPSA) is 56.1 Å². The molecule has 0 radical (unpaired) electrons. The minimum Gasteiger partial charge on any atom is -0.483 e. The Kier molecular flexibility index (Phi) is 7.42. The number of aromatic nitrogens is 2. The van der Waals surface area contributed by atoms with Gasteiger partial charge in [-0.2, -0.15) is 27.1 Å². The molecule has 1 N–H and O–H groups in total. The van der Waals surface area contributed by atoms with Gasteiger partial charge in [0.25, 0.3) is 5.91 Å². The van der Waals surface area contributed by atoms with Crippen molar-refractivity contribution in [2.24, 2.45) is 0 Å². The number of hydrogen-bond donors (Lipinski definition) is 1. The first-order valence-corrected chi connectivity index (χ1v) is 11.0. The molecule has 5 nitrogen and oxygen atoms in total. The van der Waals surface area contributed by atoms with Gasteiger partial charge >= 0.3 is 6.18 Å². The highest BCUT2D eigenvalue weighted by atomic mass is 19.4. The van der Waals surface area contributed by atoms with Crippen molar-refractivity contribution in [1.29, 1.82) is 0 Å². The summed E-state index contributed by atoms with van der Waals surface area (Å²) in [6.07, 6.45) is -4.47. The molecule has 198 valence electrons. The summed E-state index contributed by atoms with van der Waals surface area (Å²) in [5.41, 5.74) is 0.737. The minimum atomic E-state index is -4.47. The fraction of sp³-hybridized carbons (Fsp3) is 0.154. The van der Waals surface area contributed by atoms with Gasteiger partial charge in [0.2, 0.25) is 11.6 Å². The van der Waals surface area contributed by atoms with E-state index >= 15 is 0 Å². The monoisotopic (exact) mass is 537 g/mol. The number of aryl methyl sites for hydroxylation is 1. The lowest BCUT2D eigenvalue weighted by Crippen LogP contribution is -2.13. The average molecular weight is 537 g/mol. The Bertz CT molecular complexity index is 1460. The zero-order chi connectivity index (χ0) is 27.6. The summed E-state index contributed by atoms with van der Waals surface area (Å²) < 4.78 is 99.3. The number of hydrogen-bond acceptors (Lipinski definition) is 3. The molecule has 0 saturated carbocycles. The summed E-state index contributed by atoms with van der Waals surface area (Å²) in [4.78, 5) is 12.6. The predicted octanol–water partition coefficient (Wildman–Crippen LogP) is 6.65. The fourth-order valence-corrected chi connectivity index (χ4v) is 3.52. The van der Waals surface area contributed by atoms with Crippen LogP contribution in [0, 0.1) is 30.2 Å². The van der Waals surface area contributed by atoms with E-state index in [9.17, 15) is 35.5 Å². The zero-order valence-electron chi connectivity index (χ0n) is 19.5. The predicted molar refractivity (Wildman–Crippen MR) is 123 cm³/mol. The maximum atomic E-state index is 13.7. The second-order valence-corrected chi connectivity index (χ2v) is 8.26. The number of halogens is 7. The van der Waals surface area contributed by atoms with Gasteiger partial charge in [0.15, 0.2) is 23.2 Å². The van der Waals surface area contributed by atoms with Gasteiger partial charge in [0, 0.05) is 23.4 Å². The van der Waals surface area contributed by atoms with Crippen molar-refractivity contribution in [1.82, 2.24) is 9.78 Å². The zero-order valence-corrected chi connectivity index (χ0v) is 19.5. The highest BCUT2D eigenvalue weighted by molar-refractivity contribution is 6.03. The summed E-state index contributed by atoms with van der Waals surface area (Å²) >= 11 is 0. The third-order valence-electron chi connectivity index (χ3n) is 5.48. The van der Waals surface area contributed by atoms with E-state index in [4.69, 9.17) is 4.74 Å². The number of nitrogens with zero attached hydrogens (tertiary/aromatic N) is 2. The molecular weight excluding hydrogens is 519 g/mol. The summed E-state index contributed by atoms with van der Waals surface area (Å²) in [5, 5.41) is 6.81. The number of amides is 1. The Morgan fingerprint density at radius 3 is 2.21 bits per heavy atom. The number of alkyl halides is 3. The Hall–Kier alpha value is -4.35. The lowest BCUT2D eigenvalue weighted by Gasteiger charge is -2.10. The molecule has 12 heteroatoms. The highest BCUT2D eigenvalue weighted by Crippen LogP contribution is 2.30. The first-order valence-electron chi connectivity index (χ1n) is 11.0. The summed E-state index contributed by atoms with van der Waals surface area (Å²) in [6.45, 7) is 1.30. The third-order valence-corrected chi connectivity index (χ3v) is 5.48. The lowest BCUT2D eigenvalue weighted by molar-refractivity contribution is -0.137. The van der Waals surface area contributed by atoms with E-state index in [0.717, 1.165) is 12.1 Å². The molecule has 1 heterocycles. The molecule has 1 aromatic heterocycles. The van der Waals surface area contributed by atoms with E-state index in [0.29, 0.717) is 16.8 Å². The van der Waals surface area contributed by atoms with Crippen molar-refractivity contribution in [3.05, 3.63) is 112 Å². The highest BCUT2D eigenvalue weighted by Gasteiger charge is 2.30. The van der Waals surface area contributed by atoms with Gasteiger partial charge in [-0.1, -0.05) is 24.3 Å². The summed E-state index contributed by atoms with van der Waals surface area (Å²) in [7, 11) is 0. The Balaban J connectivity index is 1.40. The number of carbonyl (C=O) groups is 1. The molecule has 4 aromatic rings. The Morgan fingerprint density at radius 1 is 0.921 bits per heavy atom. The number of carbonyl (C=O) groups excluding carboxylic acids is 1. The van der Waals surface area contributed by atoms with Gasteiger partial charge in [0.1, 0.15) is 6.61 Å². The SMILES string of the molecule is Cc1cc(NC(=O)c2ccc(COc3c(F)c(F)cc(F)c3F)cc2)nn1Cc1cccc(C(F)(F)F)c1. The van der Waals surface area contributed by atoms with Crippen LogP contribution in [-0.2, 0) is 19.3 Å². The van der Waals surface area contributed by atoms with E-state index in [-0.39, 0.29) is 24.0 Å². The van der Waals surface area contributed by atoms with Crippen molar-refractivity contribution in [2.75, 3.05) is 5.32 Å². The standard InChI is InChI=1S/C26H18F7N3O2/c1-14-9-21(35-36(14)12-16-3-2-4-18(10-16)26(31,32)33)34-25(37)17-7-5-15(6-8-17)13-38-24-22(29)19(27)11-20(28)23(24)30/h2-11H,12-13H2,1H3,(H,34,35,37). The first kappa shape index (κ1) is 26.7. The molecule has 3 aromatic carbocycles. The smallest absolute Gasteiger partial charge is 0.416 e. The van der Waals surface area contributed by atoms with E-state index in [1.54, 1.807) is 13.0 Å². The number of rotatable bonds is 7. The summed E-state index contributed by atoms with van der Waals surface area (Å²) in [5.74, 6) is -8.10. The number of nitrogens with one attached hydrogen (secondary N) is 1. The molecule has 0 fully saturated rings. The Morgan fingerprint density at radius 2 is 1.58 bits per heavy atom. The van der Waals surface area contributed by atoms with E-state index in [1.165, 1.54) is 41.1 Å². The van der Waals surface area contributed by atoms with Crippen molar-refractivity contribution in [3.63, 3.8) is 0 Å². The van der Waals surface area contributed by atoms with Crippen LogP contribution in [0.4, 0.5) is 36.6 Å². The van der Waals surface area contributed by atoms with Gasteiger partial charge in [-0.25, -0.2) is 8.78 Å². The molecule has 0 spiro atoms. The van der Waals surface area contributed by atoms with E-state index in [2.05, 4.69) is 10.4 Å². The largest absolute Gasteiger partial charge is 0.483 e. The molecule has 0 aliphatic carbocycles. The van der Waals surface area contributed by atoms with Crippen LogP contribution in [0.1, 0.15) is 32.7 Å². The van der Waals surface area contributed by atoms with Crippen molar-refractivity contribution >= 4 is 11.7 Å². The number of benzene rings is 3. The van der Waals surface area contributed by atoms with Crippen LogP contribution >= 0.6 is 0 Å². The Labute approximate surface area is 211 Å². The molecule has 0 aliphatic rings. The summed E-state index contributed by atoms with van der Waals surface area (Å²) in [6, 6.07) is 12.1. The molecule has 0 unspecified atom stereocenters. The van der Waals surface area contributed by atoms with Crippen molar-refractivity contribution in [2.45, 2.75) is 26.3 Å². The van der Waals surface area contributed by atoms with E-state index in [1.807, 2.05) is 0 Å². The lowest BCUT2D eigenvalue weighted by atomic mass is 10.1. The number of anilines is 1.